The second-order valence-corrected chi connectivity index (χ2v) is 7.21. The number of hydrogen-bond donors (Lipinski definition) is 1. The average molecular weight is 340 g/mol. The summed E-state index contributed by atoms with van der Waals surface area (Å²) in [6.45, 7) is 6.82. The van der Waals surface area contributed by atoms with Crippen LogP contribution in [-0.2, 0) is 0 Å². The molecular formula is C17H26BrNO. The maximum absolute atomic E-state index is 6.23. The zero-order chi connectivity index (χ0) is 14.7. The number of halogens is 1. The van der Waals surface area contributed by atoms with Gasteiger partial charge in [0.1, 0.15) is 5.75 Å². The fourth-order valence-electron chi connectivity index (χ4n) is 3.20. The van der Waals surface area contributed by atoms with Gasteiger partial charge in [-0.15, -0.1) is 0 Å². The molecule has 1 aromatic rings. The van der Waals surface area contributed by atoms with Crippen molar-refractivity contribution >= 4 is 15.9 Å². The van der Waals surface area contributed by atoms with Crippen LogP contribution in [0.2, 0.25) is 0 Å². The lowest BCUT2D eigenvalue weighted by Gasteiger charge is -2.32. The van der Waals surface area contributed by atoms with Crippen LogP contribution in [0.5, 0.6) is 5.75 Å². The summed E-state index contributed by atoms with van der Waals surface area (Å²) in [5.41, 5.74) is 1.28. The third kappa shape index (κ3) is 3.98. The van der Waals surface area contributed by atoms with Crippen LogP contribution in [0.1, 0.15) is 51.6 Å². The maximum Gasteiger partial charge on any atom is 0.133 e. The second kappa shape index (κ2) is 6.95. The van der Waals surface area contributed by atoms with Crippen molar-refractivity contribution in [2.45, 2.75) is 52.2 Å². The van der Waals surface area contributed by atoms with E-state index in [0.717, 1.165) is 22.1 Å². The Bertz CT molecular complexity index is 439. The smallest absolute Gasteiger partial charge is 0.133 e. The fourth-order valence-corrected chi connectivity index (χ4v) is 3.69. The van der Waals surface area contributed by atoms with Gasteiger partial charge in [0.05, 0.1) is 10.6 Å². The van der Waals surface area contributed by atoms with E-state index in [4.69, 9.17) is 4.74 Å². The maximum atomic E-state index is 6.23. The summed E-state index contributed by atoms with van der Waals surface area (Å²) in [5.74, 6) is 2.51. The standard InChI is InChI=1S/C17H26BrNO/c1-11-7-12(2)9-15(8-11)20-17-6-5-14(10-16(17)18)13(3)19-4/h5-6,10-13,15,19H,7-9H2,1-4H3. The SMILES string of the molecule is CNC(C)c1ccc(OC2CC(C)CC(C)C2)c(Br)c1. The number of rotatable bonds is 4. The molecule has 3 atom stereocenters. The molecule has 0 bridgehead atoms. The van der Waals surface area contributed by atoms with Crippen molar-refractivity contribution in [2.75, 3.05) is 7.05 Å². The van der Waals surface area contributed by atoms with Crippen LogP contribution < -0.4 is 10.1 Å². The molecule has 1 aliphatic rings. The molecule has 20 heavy (non-hydrogen) atoms. The lowest BCUT2D eigenvalue weighted by atomic mass is 9.82. The number of benzene rings is 1. The predicted octanol–water partition coefficient (Wildman–Crippen LogP) is 4.93. The molecule has 112 valence electrons. The zero-order valence-corrected chi connectivity index (χ0v) is 14.5. The number of ether oxygens (including phenoxy) is 1. The van der Waals surface area contributed by atoms with Gasteiger partial charge < -0.3 is 10.1 Å². The van der Waals surface area contributed by atoms with Gasteiger partial charge in [0.25, 0.3) is 0 Å². The highest BCUT2D eigenvalue weighted by atomic mass is 79.9. The van der Waals surface area contributed by atoms with E-state index in [0.29, 0.717) is 12.1 Å². The summed E-state index contributed by atoms with van der Waals surface area (Å²) >= 11 is 3.65. The van der Waals surface area contributed by atoms with Crippen molar-refractivity contribution in [1.29, 1.82) is 0 Å². The first kappa shape index (κ1) is 15.8. The molecule has 1 N–H and O–H groups in total. The van der Waals surface area contributed by atoms with Gasteiger partial charge in [0.15, 0.2) is 0 Å². The highest BCUT2D eigenvalue weighted by Gasteiger charge is 2.25. The quantitative estimate of drug-likeness (QED) is 0.839. The topological polar surface area (TPSA) is 21.3 Å². The first-order valence-electron chi connectivity index (χ1n) is 7.63. The van der Waals surface area contributed by atoms with Crippen molar-refractivity contribution < 1.29 is 4.74 Å². The van der Waals surface area contributed by atoms with Gasteiger partial charge in [-0.3, -0.25) is 0 Å². The summed E-state index contributed by atoms with van der Waals surface area (Å²) in [4.78, 5) is 0. The first-order valence-corrected chi connectivity index (χ1v) is 8.42. The van der Waals surface area contributed by atoms with E-state index >= 15 is 0 Å². The van der Waals surface area contributed by atoms with Gasteiger partial charge in [0.2, 0.25) is 0 Å². The van der Waals surface area contributed by atoms with Crippen LogP contribution >= 0.6 is 15.9 Å². The van der Waals surface area contributed by atoms with E-state index in [2.05, 4.69) is 60.2 Å². The summed E-state index contributed by atoms with van der Waals surface area (Å²) in [6, 6.07) is 6.76. The van der Waals surface area contributed by atoms with Crippen LogP contribution in [-0.4, -0.2) is 13.2 Å². The molecule has 2 nitrogen and oxygen atoms in total. The van der Waals surface area contributed by atoms with Crippen LogP contribution in [0.15, 0.2) is 22.7 Å². The molecule has 1 fully saturated rings. The Morgan fingerprint density at radius 1 is 1.20 bits per heavy atom. The van der Waals surface area contributed by atoms with E-state index in [1.54, 1.807) is 0 Å². The minimum atomic E-state index is 0.357. The molecule has 3 unspecified atom stereocenters. The highest BCUT2D eigenvalue weighted by molar-refractivity contribution is 9.10. The second-order valence-electron chi connectivity index (χ2n) is 6.36. The predicted molar refractivity (Wildman–Crippen MR) is 88.2 cm³/mol. The molecule has 2 rings (SSSR count). The Kier molecular flexibility index (Phi) is 5.50. The monoisotopic (exact) mass is 339 g/mol. The summed E-state index contributed by atoms with van der Waals surface area (Å²) < 4.78 is 7.29. The molecule has 3 heteroatoms. The summed E-state index contributed by atoms with van der Waals surface area (Å²) in [6.07, 6.45) is 4.04. The van der Waals surface area contributed by atoms with Crippen LogP contribution in [0.25, 0.3) is 0 Å². The van der Waals surface area contributed by atoms with Crippen LogP contribution in [0, 0.1) is 11.8 Å². The molecule has 0 saturated heterocycles. The lowest BCUT2D eigenvalue weighted by Crippen LogP contribution is -2.28. The van der Waals surface area contributed by atoms with E-state index in [-0.39, 0.29) is 0 Å². The molecule has 1 aromatic carbocycles. The van der Waals surface area contributed by atoms with Gasteiger partial charge in [-0.2, -0.15) is 0 Å². The largest absolute Gasteiger partial charge is 0.489 e. The van der Waals surface area contributed by atoms with Gasteiger partial charge in [-0.1, -0.05) is 19.9 Å². The minimum absolute atomic E-state index is 0.357. The Morgan fingerprint density at radius 2 is 1.85 bits per heavy atom. The van der Waals surface area contributed by atoms with Crippen molar-refractivity contribution in [2.24, 2.45) is 11.8 Å². The van der Waals surface area contributed by atoms with Gasteiger partial charge in [-0.25, -0.2) is 0 Å². The minimum Gasteiger partial charge on any atom is -0.489 e. The van der Waals surface area contributed by atoms with Gasteiger partial charge >= 0.3 is 0 Å². The van der Waals surface area contributed by atoms with E-state index in [1.165, 1.54) is 24.8 Å². The molecule has 0 spiro atoms. The van der Waals surface area contributed by atoms with E-state index in [1.807, 2.05) is 7.05 Å². The lowest BCUT2D eigenvalue weighted by molar-refractivity contribution is 0.100. The third-order valence-corrected chi connectivity index (χ3v) is 4.94. The molecule has 0 heterocycles. The third-order valence-electron chi connectivity index (χ3n) is 4.32. The van der Waals surface area contributed by atoms with E-state index < -0.39 is 0 Å². The average Bonchev–Trinajstić information content (AvgIpc) is 2.39. The Balaban J connectivity index is 2.06. The number of nitrogens with one attached hydrogen (secondary N) is 1. The van der Waals surface area contributed by atoms with Crippen molar-refractivity contribution in [3.8, 4) is 5.75 Å². The Labute approximate surface area is 131 Å². The van der Waals surface area contributed by atoms with Crippen LogP contribution in [0.3, 0.4) is 0 Å². The zero-order valence-electron chi connectivity index (χ0n) is 12.9. The normalized spacial score (nSPS) is 28.1. The van der Waals surface area contributed by atoms with Crippen molar-refractivity contribution in [1.82, 2.24) is 5.32 Å². The Hall–Kier alpha value is -0.540. The first-order chi connectivity index (χ1) is 9.49. The molecule has 0 aliphatic heterocycles. The fraction of sp³-hybridized carbons (Fsp3) is 0.647. The molecule has 0 aromatic heterocycles. The van der Waals surface area contributed by atoms with Crippen molar-refractivity contribution in [3.05, 3.63) is 28.2 Å². The van der Waals surface area contributed by atoms with Gasteiger partial charge in [0, 0.05) is 6.04 Å². The molecular weight excluding hydrogens is 314 g/mol. The molecule has 1 aliphatic carbocycles. The van der Waals surface area contributed by atoms with Gasteiger partial charge in [-0.05, 0) is 78.7 Å². The van der Waals surface area contributed by atoms with Crippen molar-refractivity contribution in [3.63, 3.8) is 0 Å². The molecule has 0 amide bonds. The highest BCUT2D eigenvalue weighted by Crippen LogP contribution is 2.34. The molecule has 0 radical (unpaired) electrons. The number of hydrogen-bond acceptors (Lipinski definition) is 2. The Morgan fingerprint density at radius 3 is 2.40 bits per heavy atom. The van der Waals surface area contributed by atoms with E-state index in [9.17, 15) is 0 Å². The summed E-state index contributed by atoms with van der Waals surface area (Å²) in [5, 5.41) is 3.26. The van der Waals surface area contributed by atoms with Crippen LogP contribution in [0.4, 0.5) is 0 Å². The summed E-state index contributed by atoms with van der Waals surface area (Å²) in [7, 11) is 1.98. The molecule has 1 saturated carbocycles.